The molecule has 24 heavy (non-hydrogen) atoms. The lowest BCUT2D eigenvalue weighted by molar-refractivity contribution is -0.384. The minimum Gasteiger partial charge on any atom is -0.465 e. The van der Waals surface area contributed by atoms with E-state index in [0.717, 1.165) is 0 Å². The molecule has 0 aromatic heterocycles. The zero-order chi connectivity index (χ0) is 17.4. The summed E-state index contributed by atoms with van der Waals surface area (Å²) in [5.41, 5.74) is 0.630. The Balaban J connectivity index is 1.86. The van der Waals surface area contributed by atoms with Gasteiger partial charge in [0.05, 0.1) is 11.5 Å². The third-order valence-corrected chi connectivity index (χ3v) is 5.35. The lowest BCUT2D eigenvalue weighted by Gasteiger charge is -2.22. The van der Waals surface area contributed by atoms with E-state index in [1.807, 2.05) is 0 Å². The molecule has 8 nitrogen and oxygen atoms in total. The number of hydrogen-bond donors (Lipinski definition) is 0. The summed E-state index contributed by atoms with van der Waals surface area (Å²) < 4.78 is 4.83. The molecule has 0 aliphatic carbocycles. The van der Waals surface area contributed by atoms with Crippen molar-refractivity contribution >= 4 is 35.1 Å². The number of amides is 1. The maximum atomic E-state index is 12.6. The van der Waals surface area contributed by atoms with Crippen LogP contribution in [0.15, 0.2) is 24.3 Å². The van der Waals surface area contributed by atoms with Gasteiger partial charge in [0, 0.05) is 17.9 Å². The highest BCUT2D eigenvalue weighted by Crippen LogP contribution is 2.46. The third kappa shape index (κ3) is 2.54. The molecule has 2 aliphatic rings. The number of nitrogens with zero attached hydrogens (tertiary/aromatic N) is 2. The zero-order valence-electron chi connectivity index (χ0n) is 12.7. The number of Topliss-reactive ketones (excluding diaryl/α,β-unsaturated/α-hetero) is 1. The molecule has 1 aromatic rings. The first-order valence-corrected chi connectivity index (χ1v) is 8.39. The molecule has 2 heterocycles. The number of benzene rings is 1. The molecule has 2 unspecified atom stereocenters. The van der Waals surface area contributed by atoms with Gasteiger partial charge in [0.25, 0.3) is 5.69 Å². The second-order valence-electron chi connectivity index (χ2n) is 5.38. The van der Waals surface area contributed by atoms with Gasteiger partial charge in [0.1, 0.15) is 11.4 Å². The number of esters is 1. The number of carbonyl (C=O) groups excluding carboxylic acids is 3. The van der Waals surface area contributed by atoms with Gasteiger partial charge in [-0.3, -0.25) is 24.5 Å². The Morgan fingerprint density at radius 1 is 1.38 bits per heavy atom. The highest BCUT2D eigenvalue weighted by atomic mass is 32.2. The van der Waals surface area contributed by atoms with E-state index in [-0.39, 0.29) is 12.3 Å². The van der Waals surface area contributed by atoms with E-state index < -0.39 is 39.9 Å². The van der Waals surface area contributed by atoms with E-state index in [0.29, 0.717) is 11.3 Å². The first-order chi connectivity index (χ1) is 11.5. The van der Waals surface area contributed by atoms with Crippen LogP contribution >= 0.6 is 11.8 Å². The van der Waals surface area contributed by atoms with Crippen LogP contribution in [0.25, 0.3) is 0 Å². The van der Waals surface area contributed by atoms with Gasteiger partial charge in [0.15, 0.2) is 11.7 Å². The third-order valence-electron chi connectivity index (χ3n) is 4.03. The molecule has 1 aromatic carbocycles. The number of rotatable bonds is 4. The maximum Gasteiger partial charge on any atom is 0.326 e. The van der Waals surface area contributed by atoms with Crippen LogP contribution < -0.4 is 0 Å². The van der Waals surface area contributed by atoms with Crippen molar-refractivity contribution in [2.75, 3.05) is 12.4 Å². The first kappa shape index (κ1) is 16.4. The van der Waals surface area contributed by atoms with Crippen LogP contribution in [0.3, 0.4) is 0 Å². The Kier molecular flexibility index (Phi) is 4.27. The Labute approximate surface area is 141 Å². The largest absolute Gasteiger partial charge is 0.465 e. The summed E-state index contributed by atoms with van der Waals surface area (Å²) in [5, 5.41) is 10.3. The van der Waals surface area contributed by atoms with Crippen LogP contribution in [0.2, 0.25) is 0 Å². The van der Waals surface area contributed by atoms with Gasteiger partial charge in [-0.1, -0.05) is 0 Å². The van der Waals surface area contributed by atoms with Crippen molar-refractivity contribution in [2.45, 2.75) is 18.3 Å². The Bertz CT molecular complexity index is 719. The van der Waals surface area contributed by atoms with Crippen LogP contribution in [-0.2, 0) is 19.1 Å². The minimum absolute atomic E-state index is 0.0495. The maximum absolute atomic E-state index is 12.6. The standard InChI is InChI=1S/C15H14N2O6S/c1-2-23-15(20)11-12(18)10-7-24-14(16(10)13(11)19)8-3-5-9(6-4-8)17(21)22/h3-6,10-11,14H,2,7H2,1H3/t10?,11?,14-/m0/s1. The molecule has 0 saturated carbocycles. The molecule has 3 atom stereocenters. The van der Waals surface area contributed by atoms with E-state index in [9.17, 15) is 24.5 Å². The fraction of sp³-hybridized carbons (Fsp3) is 0.400. The summed E-state index contributed by atoms with van der Waals surface area (Å²) in [6, 6.07) is 5.18. The molecule has 2 aliphatic heterocycles. The number of hydrogen-bond acceptors (Lipinski definition) is 7. The molecule has 0 spiro atoms. The number of carbonyl (C=O) groups is 3. The monoisotopic (exact) mass is 350 g/mol. The molecular formula is C15H14N2O6S. The highest BCUT2D eigenvalue weighted by Gasteiger charge is 2.57. The number of nitro groups is 1. The van der Waals surface area contributed by atoms with Crippen LogP contribution in [0, 0.1) is 16.0 Å². The predicted molar refractivity (Wildman–Crippen MR) is 84.1 cm³/mol. The van der Waals surface area contributed by atoms with Crippen molar-refractivity contribution in [3.05, 3.63) is 39.9 Å². The molecule has 3 rings (SSSR count). The second-order valence-corrected chi connectivity index (χ2v) is 6.50. The second kappa shape index (κ2) is 6.23. The summed E-state index contributed by atoms with van der Waals surface area (Å²) in [5.74, 6) is -2.81. The fourth-order valence-electron chi connectivity index (χ4n) is 2.92. The quantitative estimate of drug-likeness (QED) is 0.349. The van der Waals surface area contributed by atoms with Crippen LogP contribution in [0.5, 0.6) is 0 Å². The van der Waals surface area contributed by atoms with Crippen LogP contribution in [0.4, 0.5) is 5.69 Å². The van der Waals surface area contributed by atoms with Crippen LogP contribution in [0.1, 0.15) is 17.9 Å². The number of thioether (sulfide) groups is 1. The lowest BCUT2D eigenvalue weighted by atomic mass is 10.0. The number of ether oxygens (including phenoxy) is 1. The van der Waals surface area contributed by atoms with Gasteiger partial charge >= 0.3 is 5.97 Å². The summed E-state index contributed by atoms with van der Waals surface area (Å²) in [4.78, 5) is 48.4. The van der Waals surface area contributed by atoms with Gasteiger partial charge < -0.3 is 9.64 Å². The molecule has 9 heteroatoms. The van der Waals surface area contributed by atoms with E-state index in [4.69, 9.17) is 4.74 Å². The first-order valence-electron chi connectivity index (χ1n) is 7.34. The predicted octanol–water partition coefficient (Wildman–Crippen LogP) is 1.30. The van der Waals surface area contributed by atoms with Gasteiger partial charge in [-0.05, 0) is 24.6 Å². The van der Waals surface area contributed by atoms with Crippen molar-refractivity contribution < 1.29 is 24.0 Å². The smallest absolute Gasteiger partial charge is 0.326 e. The Morgan fingerprint density at radius 2 is 2.04 bits per heavy atom. The SMILES string of the molecule is CCOC(=O)C1C(=O)C2CS[C@@H](c3ccc([N+](=O)[O-])cc3)N2C1=O. The van der Waals surface area contributed by atoms with Gasteiger partial charge in [-0.2, -0.15) is 0 Å². The molecular weight excluding hydrogens is 336 g/mol. The number of fused-ring (bicyclic) bond motifs is 1. The van der Waals surface area contributed by atoms with Gasteiger partial charge in [-0.25, -0.2) is 0 Å². The normalized spacial score (nSPS) is 25.7. The van der Waals surface area contributed by atoms with Gasteiger partial charge in [0.2, 0.25) is 5.91 Å². The van der Waals surface area contributed by atoms with Crippen molar-refractivity contribution in [3.63, 3.8) is 0 Å². The van der Waals surface area contributed by atoms with Crippen molar-refractivity contribution in [3.8, 4) is 0 Å². The summed E-state index contributed by atoms with van der Waals surface area (Å²) >= 11 is 1.40. The molecule has 0 bridgehead atoms. The molecule has 126 valence electrons. The molecule has 0 N–H and O–H groups in total. The Morgan fingerprint density at radius 3 is 2.62 bits per heavy atom. The fourth-order valence-corrected chi connectivity index (χ4v) is 4.37. The molecule has 1 amide bonds. The molecule has 2 saturated heterocycles. The lowest BCUT2D eigenvalue weighted by Crippen LogP contribution is -2.33. The molecule has 2 fully saturated rings. The number of non-ortho nitro benzene ring substituents is 1. The number of nitro benzene ring substituents is 1. The minimum atomic E-state index is -1.39. The summed E-state index contributed by atoms with van der Waals surface area (Å²) in [6.07, 6.45) is 0. The molecule has 0 radical (unpaired) electrons. The zero-order valence-corrected chi connectivity index (χ0v) is 13.5. The topological polar surface area (TPSA) is 107 Å². The van der Waals surface area contributed by atoms with E-state index in [2.05, 4.69) is 0 Å². The summed E-state index contributed by atoms with van der Waals surface area (Å²) in [6.45, 7) is 1.71. The number of ketones is 1. The van der Waals surface area contributed by atoms with Gasteiger partial charge in [-0.15, -0.1) is 11.8 Å². The average molecular weight is 350 g/mol. The van der Waals surface area contributed by atoms with Crippen LogP contribution in [-0.4, -0.2) is 45.9 Å². The van der Waals surface area contributed by atoms with E-state index in [1.54, 1.807) is 19.1 Å². The van der Waals surface area contributed by atoms with Crippen molar-refractivity contribution in [2.24, 2.45) is 5.92 Å². The Hall–Kier alpha value is -2.42. The van der Waals surface area contributed by atoms with Crippen molar-refractivity contribution in [1.29, 1.82) is 0 Å². The van der Waals surface area contributed by atoms with E-state index in [1.165, 1.54) is 28.8 Å². The van der Waals surface area contributed by atoms with E-state index >= 15 is 0 Å². The van der Waals surface area contributed by atoms with Crippen molar-refractivity contribution in [1.82, 2.24) is 4.90 Å². The average Bonchev–Trinajstić information content (AvgIpc) is 3.09. The summed E-state index contributed by atoms with van der Waals surface area (Å²) in [7, 11) is 0. The highest BCUT2D eigenvalue weighted by molar-refractivity contribution is 7.99.